The summed E-state index contributed by atoms with van der Waals surface area (Å²) in [6, 6.07) is 4.95. The minimum Gasteiger partial charge on any atom is -0.388 e. The summed E-state index contributed by atoms with van der Waals surface area (Å²) in [5, 5.41) is 3.19. The highest BCUT2D eigenvalue weighted by Gasteiger charge is 2.23. The van der Waals surface area contributed by atoms with E-state index in [1.165, 1.54) is 37.9 Å². The molecule has 3 nitrogen and oxygen atoms in total. The molecular formula is C16H27N3. The predicted octanol–water partition coefficient (Wildman–Crippen LogP) is 3.52. The molecule has 19 heavy (non-hydrogen) atoms. The first-order valence-electron chi connectivity index (χ1n) is 7.55. The second-order valence-electron chi connectivity index (χ2n) is 6.05. The Labute approximate surface area is 117 Å². The van der Waals surface area contributed by atoms with Gasteiger partial charge in [0.2, 0.25) is 0 Å². The van der Waals surface area contributed by atoms with Crippen molar-refractivity contribution in [2.24, 2.45) is 5.92 Å². The highest BCUT2D eigenvalue weighted by molar-refractivity contribution is 5.42. The van der Waals surface area contributed by atoms with Gasteiger partial charge in [0.1, 0.15) is 0 Å². The first-order chi connectivity index (χ1) is 9.19. The Balaban J connectivity index is 2.05. The Morgan fingerprint density at radius 1 is 1.37 bits per heavy atom. The van der Waals surface area contributed by atoms with Gasteiger partial charge in [-0.05, 0) is 30.9 Å². The lowest BCUT2D eigenvalue weighted by Gasteiger charge is -2.30. The van der Waals surface area contributed by atoms with E-state index in [2.05, 4.69) is 35.1 Å². The maximum absolute atomic E-state index is 4.52. The number of nitrogens with zero attached hydrogens (tertiary/aromatic N) is 2. The topological polar surface area (TPSA) is 28.2 Å². The third-order valence-electron chi connectivity index (χ3n) is 3.91. The van der Waals surface area contributed by atoms with Gasteiger partial charge in [-0.1, -0.05) is 26.7 Å². The number of aromatic nitrogens is 1. The van der Waals surface area contributed by atoms with E-state index in [-0.39, 0.29) is 0 Å². The fourth-order valence-corrected chi connectivity index (χ4v) is 3.01. The van der Waals surface area contributed by atoms with Crippen molar-refractivity contribution >= 4 is 5.69 Å². The molecule has 1 heterocycles. The van der Waals surface area contributed by atoms with E-state index in [1.54, 1.807) is 0 Å². The fourth-order valence-electron chi connectivity index (χ4n) is 3.01. The van der Waals surface area contributed by atoms with Crippen LogP contribution in [0.3, 0.4) is 0 Å². The molecule has 1 fully saturated rings. The van der Waals surface area contributed by atoms with Gasteiger partial charge >= 0.3 is 0 Å². The number of hydrogen-bond donors (Lipinski definition) is 1. The number of rotatable bonds is 6. The lowest BCUT2D eigenvalue weighted by Crippen LogP contribution is -2.35. The van der Waals surface area contributed by atoms with E-state index >= 15 is 0 Å². The van der Waals surface area contributed by atoms with Crippen LogP contribution in [0, 0.1) is 5.92 Å². The molecule has 0 radical (unpaired) electrons. The zero-order valence-corrected chi connectivity index (χ0v) is 12.5. The molecule has 106 valence electrons. The Bertz CT molecular complexity index is 383. The van der Waals surface area contributed by atoms with Crippen molar-refractivity contribution in [3.05, 3.63) is 24.0 Å². The van der Waals surface area contributed by atoms with Gasteiger partial charge in [0.15, 0.2) is 0 Å². The van der Waals surface area contributed by atoms with Crippen LogP contribution in [-0.2, 0) is 6.54 Å². The second kappa shape index (κ2) is 6.90. The van der Waals surface area contributed by atoms with E-state index in [4.69, 9.17) is 0 Å². The van der Waals surface area contributed by atoms with Crippen LogP contribution in [0.15, 0.2) is 18.3 Å². The Kier molecular flexibility index (Phi) is 5.20. The molecule has 0 aliphatic heterocycles. The standard InChI is InChI=1S/C16H27N3/c1-13(2)11-19(16-6-4-5-7-16)12-15-10-14(17-3)8-9-18-15/h8-10,13,16H,4-7,11-12H2,1-3H3,(H,17,18). The molecule has 1 aromatic heterocycles. The number of hydrogen-bond acceptors (Lipinski definition) is 3. The van der Waals surface area contributed by atoms with E-state index in [9.17, 15) is 0 Å². The largest absolute Gasteiger partial charge is 0.388 e. The summed E-state index contributed by atoms with van der Waals surface area (Å²) in [5.41, 5.74) is 2.33. The van der Waals surface area contributed by atoms with Gasteiger partial charge in [-0.3, -0.25) is 9.88 Å². The quantitative estimate of drug-likeness (QED) is 0.849. The zero-order valence-electron chi connectivity index (χ0n) is 12.5. The lowest BCUT2D eigenvalue weighted by molar-refractivity contribution is 0.166. The molecule has 0 aromatic carbocycles. The molecule has 1 aliphatic rings. The summed E-state index contributed by atoms with van der Waals surface area (Å²) in [6.45, 7) is 6.77. The molecule has 0 unspecified atom stereocenters. The Hall–Kier alpha value is -1.09. The van der Waals surface area contributed by atoms with Gasteiger partial charge in [0.05, 0.1) is 5.69 Å². The maximum Gasteiger partial charge on any atom is 0.0564 e. The van der Waals surface area contributed by atoms with Crippen molar-refractivity contribution in [3.8, 4) is 0 Å². The smallest absolute Gasteiger partial charge is 0.0564 e. The fraction of sp³-hybridized carbons (Fsp3) is 0.688. The minimum atomic E-state index is 0.716. The normalized spacial score (nSPS) is 16.5. The molecule has 1 N–H and O–H groups in total. The van der Waals surface area contributed by atoms with Crippen LogP contribution in [0.5, 0.6) is 0 Å². The molecule has 0 spiro atoms. The van der Waals surface area contributed by atoms with Gasteiger partial charge in [-0.15, -0.1) is 0 Å². The summed E-state index contributed by atoms with van der Waals surface area (Å²) < 4.78 is 0. The van der Waals surface area contributed by atoms with Crippen LogP contribution in [0.2, 0.25) is 0 Å². The number of pyridine rings is 1. The summed E-state index contributed by atoms with van der Waals surface area (Å²) in [4.78, 5) is 7.16. The van der Waals surface area contributed by atoms with Crippen LogP contribution in [-0.4, -0.2) is 29.5 Å². The number of anilines is 1. The first-order valence-corrected chi connectivity index (χ1v) is 7.55. The average molecular weight is 261 g/mol. The molecular weight excluding hydrogens is 234 g/mol. The van der Waals surface area contributed by atoms with Crippen LogP contribution in [0.1, 0.15) is 45.2 Å². The monoisotopic (exact) mass is 261 g/mol. The average Bonchev–Trinajstić information content (AvgIpc) is 2.91. The third kappa shape index (κ3) is 4.20. The number of nitrogens with one attached hydrogen (secondary N) is 1. The van der Waals surface area contributed by atoms with Crippen LogP contribution in [0.4, 0.5) is 5.69 Å². The first kappa shape index (κ1) is 14.3. The highest BCUT2D eigenvalue weighted by Crippen LogP contribution is 2.25. The molecule has 0 bridgehead atoms. The summed E-state index contributed by atoms with van der Waals surface area (Å²) in [5.74, 6) is 0.716. The van der Waals surface area contributed by atoms with Crippen molar-refractivity contribution in [3.63, 3.8) is 0 Å². The van der Waals surface area contributed by atoms with Crippen molar-refractivity contribution < 1.29 is 0 Å². The van der Waals surface area contributed by atoms with E-state index in [1.807, 2.05) is 19.3 Å². The van der Waals surface area contributed by atoms with Crippen LogP contribution >= 0.6 is 0 Å². The molecule has 3 heteroatoms. The molecule has 1 aromatic rings. The van der Waals surface area contributed by atoms with Gasteiger partial charge in [0.25, 0.3) is 0 Å². The molecule has 0 saturated heterocycles. The van der Waals surface area contributed by atoms with Crippen molar-refractivity contribution in [2.75, 3.05) is 18.9 Å². The Morgan fingerprint density at radius 3 is 2.74 bits per heavy atom. The van der Waals surface area contributed by atoms with E-state index < -0.39 is 0 Å². The Morgan fingerprint density at radius 2 is 2.11 bits per heavy atom. The van der Waals surface area contributed by atoms with Gasteiger partial charge in [0, 0.05) is 38.1 Å². The minimum absolute atomic E-state index is 0.716. The molecule has 0 amide bonds. The third-order valence-corrected chi connectivity index (χ3v) is 3.91. The SMILES string of the molecule is CNc1ccnc(CN(CC(C)C)C2CCCC2)c1. The summed E-state index contributed by atoms with van der Waals surface area (Å²) in [7, 11) is 1.96. The summed E-state index contributed by atoms with van der Waals surface area (Å²) >= 11 is 0. The summed E-state index contributed by atoms with van der Waals surface area (Å²) in [6.07, 6.45) is 7.41. The van der Waals surface area contributed by atoms with Crippen molar-refractivity contribution in [2.45, 2.75) is 52.1 Å². The van der Waals surface area contributed by atoms with Crippen molar-refractivity contribution in [1.29, 1.82) is 0 Å². The molecule has 0 atom stereocenters. The second-order valence-corrected chi connectivity index (χ2v) is 6.05. The molecule has 1 saturated carbocycles. The van der Waals surface area contributed by atoms with Crippen LogP contribution in [0.25, 0.3) is 0 Å². The van der Waals surface area contributed by atoms with Gasteiger partial charge < -0.3 is 5.32 Å². The maximum atomic E-state index is 4.52. The molecule has 1 aliphatic carbocycles. The highest BCUT2D eigenvalue weighted by atomic mass is 15.2. The van der Waals surface area contributed by atoms with Gasteiger partial charge in [-0.2, -0.15) is 0 Å². The van der Waals surface area contributed by atoms with Crippen LogP contribution < -0.4 is 5.32 Å². The van der Waals surface area contributed by atoms with E-state index in [0.717, 1.165) is 18.3 Å². The molecule has 2 rings (SSSR count). The van der Waals surface area contributed by atoms with E-state index in [0.29, 0.717) is 5.92 Å². The van der Waals surface area contributed by atoms with Crippen molar-refractivity contribution in [1.82, 2.24) is 9.88 Å². The predicted molar refractivity (Wildman–Crippen MR) is 81.3 cm³/mol. The zero-order chi connectivity index (χ0) is 13.7. The lowest BCUT2D eigenvalue weighted by atomic mass is 10.1. The van der Waals surface area contributed by atoms with Gasteiger partial charge in [-0.25, -0.2) is 0 Å².